The van der Waals surface area contributed by atoms with Gasteiger partial charge in [0, 0.05) is 23.4 Å². The van der Waals surface area contributed by atoms with E-state index in [1.54, 1.807) is 13.1 Å². The lowest BCUT2D eigenvalue weighted by molar-refractivity contribution is -0.384. The Hall–Kier alpha value is -4.01. The zero-order chi connectivity index (χ0) is 21.4. The number of aryl methyl sites for hydroxylation is 2. The predicted molar refractivity (Wildman–Crippen MR) is 111 cm³/mol. The van der Waals surface area contributed by atoms with Crippen LogP contribution < -0.4 is 10.6 Å². The molecular formula is C21H19N5O4. The van der Waals surface area contributed by atoms with Crippen molar-refractivity contribution < 1.29 is 14.5 Å². The van der Waals surface area contributed by atoms with Crippen LogP contribution in [0.3, 0.4) is 0 Å². The zero-order valence-electron chi connectivity index (χ0n) is 16.4. The molecule has 2 aromatic carbocycles. The monoisotopic (exact) mass is 405 g/mol. The summed E-state index contributed by atoms with van der Waals surface area (Å²) < 4.78 is 1.53. The van der Waals surface area contributed by atoms with Crippen LogP contribution in [0, 0.1) is 24.0 Å². The number of carbonyl (C=O) groups is 2. The van der Waals surface area contributed by atoms with Gasteiger partial charge in [-0.2, -0.15) is 5.10 Å². The van der Waals surface area contributed by atoms with Gasteiger partial charge in [0.15, 0.2) is 0 Å². The molecule has 3 aromatic rings. The van der Waals surface area contributed by atoms with E-state index in [4.69, 9.17) is 0 Å². The Labute approximate surface area is 171 Å². The summed E-state index contributed by atoms with van der Waals surface area (Å²) in [7, 11) is 0. The summed E-state index contributed by atoms with van der Waals surface area (Å²) >= 11 is 0. The second-order valence-electron chi connectivity index (χ2n) is 7.23. The summed E-state index contributed by atoms with van der Waals surface area (Å²) in [6.45, 7) is 3.67. The Morgan fingerprint density at radius 1 is 1.23 bits per heavy atom. The first-order valence-electron chi connectivity index (χ1n) is 9.34. The van der Waals surface area contributed by atoms with Gasteiger partial charge in [-0.1, -0.05) is 29.8 Å². The van der Waals surface area contributed by atoms with E-state index in [0.29, 0.717) is 17.1 Å². The third-order valence-electron chi connectivity index (χ3n) is 5.07. The van der Waals surface area contributed by atoms with Crippen LogP contribution in [0.25, 0.3) is 11.1 Å². The molecule has 9 nitrogen and oxygen atoms in total. The molecule has 0 aliphatic carbocycles. The molecule has 0 fully saturated rings. The van der Waals surface area contributed by atoms with Gasteiger partial charge in [0.25, 0.3) is 11.6 Å². The molecule has 9 heteroatoms. The van der Waals surface area contributed by atoms with Gasteiger partial charge in [0.05, 0.1) is 17.5 Å². The summed E-state index contributed by atoms with van der Waals surface area (Å²) in [5, 5.41) is 20.7. The molecule has 152 valence electrons. The maximum Gasteiger partial charge on any atom is 0.269 e. The average molecular weight is 405 g/mol. The molecule has 2 N–H and O–H groups in total. The molecule has 0 saturated heterocycles. The minimum Gasteiger partial charge on any atom is -0.326 e. The number of fused-ring (bicyclic) bond motifs is 1. The number of aromatic nitrogens is 2. The quantitative estimate of drug-likeness (QED) is 0.496. The number of nitro benzene ring substituents is 1. The normalized spacial score (nSPS) is 14.9. The Morgan fingerprint density at radius 2 is 1.97 bits per heavy atom. The molecule has 2 heterocycles. The minimum absolute atomic E-state index is 0.0505. The van der Waals surface area contributed by atoms with Crippen LogP contribution in [0.15, 0.2) is 48.7 Å². The Balaban J connectivity index is 1.51. The summed E-state index contributed by atoms with van der Waals surface area (Å²) in [6.07, 6.45) is 1.56. The van der Waals surface area contributed by atoms with Crippen molar-refractivity contribution in [2.45, 2.75) is 26.3 Å². The van der Waals surface area contributed by atoms with Crippen LogP contribution in [0.5, 0.6) is 0 Å². The van der Waals surface area contributed by atoms with E-state index >= 15 is 0 Å². The van der Waals surface area contributed by atoms with E-state index in [1.165, 1.54) is 22.9 Å². The third-order valence-corrected chi connectivity index (χ3v) is 5.07. The van der Waals surface area contributed by atoms with Gasteiger partial charge in [-0.05, 0) is 31.0 Å². The van der Waals surface area contributed by atoms with E-state index < -0.39 is 11.0 Å². The van der Waals surface area contributed by atoms with Crippen LogP contribution in [-0.2, 0) is 9.59 Å². The van der Waals surface area contributed by atoms with Crippen molar-refractivity contribution in [3.63, 3.8) is 0 Å². The maximum atomic E-state index is 12.5. The molecule has 1 aliphatic rings. The highest BCUT2D eigenvalue weighted by Gasteiger charge is 2.35. The van der Waals surface area contributed by atoms with Gasteiger partial charge >= 0.3 is 0 Å². The van der Waals surface area contributed by atoms with Crippen molar-refractivity contribution in [3.8, 4) is 11.1 Å². The van der Waals surface area contributed by atoms with E-state index in [1.807, 2.05) is 31.2 Å². The number of carbonyl (C=O) groups excluding carboxylic acids is 2. The van der Waals surface area contributed by atoms with Crippen LogP contribution in [0.2, 0.25) is 0 Å². The SMILES string of the molecule is Cc1ccc(-c2cnn3c2NC(=O)C3CC(=O)Nc2ccc([N+](=O)[O-])cc2C)cc1. The smallest absolute Gasteiger partial charge is 0.269 e. The molecule has 0 radical (unpaired) electrons. The summed E-state index contributed by atoms with van der Waals surface area (Å²) in [6, 6.07) is 11.3. The van der Waals surface area contributed by atoms with Crippen molar-refractivity contribution in [1.29, 1.82) is 0 Å². The standard InChI is InChI=1S/C21H19N5O4/c1-12-3-5-14(6-4-12)16-11-22-25-18(21(28)24-20(16)25)10-19(27)23-17-8-7-15(26(29)30)9-13(17)2/h3-9,11,18H,10H2,1-2H3,(H,23,27)(H,24,28). The number of nitro groups is 1. The van der Waals surface area contributed by atoms with Gasteiger partial charge in [-0.15, -0.1) is 0 Å². The number of benzene rings is 2. The Morgan fingerprint density at radius 3 is 2.63 bits per heavy atom. The molecule has 0 bridgehead atoms. The fraction of sp³-hybridized carbons (Fsp3) is 0.190. The molecule has 1 atom stereocenters. The fourth-order valence-electron chi connectivity index (χ4n) is 3.44. The lowest BCUT2D eigenvalue weighted by Gasteiger charge is -2.11. The summed E-state index contributed by atoms with van der Waals surface area (Å²) in [5.41, 5.74) is 3.82. The maximum absolute atomic E-state index is 12.5. The number of nitrogens with zero attached hydrogens (tertiary/aromatic N) is 3. The lowest BCUT2D eigenvalue weighted by Crippen LogP contribution is -2.23. The summed E-state index contributed by atoms with van der Waals surface area (Å²) in [4.78, 5) is 35.4. The summed E-state index contributed by atoms with van der Waals surface area (Å²) in [5.74, 6) is -0.123. The molecule has 2 amide bonds. The van der Waals surface area contributed by atoms with Crippen molar-refractivity contribution in [2.24, 2.45) is 0 Å². The molecule has 1 aliphatic heterocycles. The number of non-ortho nitro benzene ring substituents is 1. The van der Waals surface area contributed by atoms with Gasteiger partial charge < -0.3 is 10.6 Å². The molecule has 30 heavy (non-hydrogen) atoms. The predicted octanol–water partition coefficient (Wildman–Crippen LogP) is 3.60. The van der Waals surface area contributed by atoms with E-state index in [2.05, 4.69) is 15.7 Å². The van der Waals surface area contributed by atoms with Gasteiger partial charge in [-0.3, -0.25) is 19.7 Å². The van der Waals surface area contributed by atoms with Crippen LogP contribution in [0.4, 0.5) is 17.2 Å². The van der Waals surface area contributed by atoms with Gasteiger partial charge in [0.2, 0.25) is 5.91 Å². The molecule has 0 saturated carbocycles. The van der Waals surface area contributed by atoms with E-state index in [9.17, 15) is 19.7 Å². The fourth-order valence-corrected chi connectivity index (χ4v) is 3.44. The first kappa shape index (κ1) is 19.3. The highest BCUT2D eigenvalue weighted by molar-refractivity contribution is 6.04. The van der Waals surface area contributed by atoms with E-state index in [0.717, 1.165) is 16.7 Å². The number of hydrogen-bond donors (Lipinski definition) is 2. The highest BCUT2D eigenvalue weighted by atomic mass is 16.6. The van der Waals surface area contributed by atoms with Gasteiger partial charge in [0.1, 0.15) is 11.9 Å². The largest absolute Gasteiger partial charge is 0.326 e. The number of amides is 2. The van der Waals surface area contributed by atoms with Crippen molar-refractivity contribution >= 4 is 29.0 Å². The molecule has 0 spiro atoms. The number of hydrogen-bond acceptors (Lipinski definition) is 5. The average Bonchev–Trinajstić information content (AvgIpc) is 3.23. The van der Waals surface area contributed by atoms with Crippen molar-refractivity contribution in [3.05, 3.63) is 69.9 Å². The van der Waals surface area contributed by atoms with Crippen molar-refractivity contribution in [1.82, 2.24) is 9.78 Å². The molecule has 4 rings (SSSR count). The van der Waals surface area contributed by atoms with Crippen LogP contribution in [-0.4, -0.2) is 26.5 Å². The lowest BCUT2D eigenvalue weighted by atomic mass is 10.1. The third kappa shape index (κ3) is 3.52. The number of rotatable bonds is 5. The minimum atomic E-state index is -0.766. The van der Waals surface area contributed by atoms with Crippen molar-refractivity contribution in [2.75, 3.05) is 10.6 Å². The second kappa shape index (κ2) is 7.43. The zero-order valence-corrected chi connectivity index (χ0v) is 16.4. The molecule has 1 unspecified atom stereocenters. The first-order chi connectivity index (χ1) is 14.3. The van der Waals surface area contributed by atoms with Gasteiger partial charge in [-0.25, -0.2) is 4.68 Å². The first-order valence-corrected chi connectivity index (χ1v) is 9.34. The van der Waals surface area contributed by atoms with Crippen LogP contribution in [0.1, 0.15) is 23.6 Å². The van der Waals surface area contributed by atoms with E-state index in [-0.39, 0.29) is 23.9 Å². The number of anilines is 2. The molecular weight excluding hydrogens is 386 g/mol. The topological polar surface area (TPSA) is 119 Å². The molecule has 1 aromatic heterocycles. The second-order valence-corrected chi connectivity index (χ2v) is 7.23. The highest BCUT2D eigenvalue weighted by Crippen LogP contribution is 2.36. The number of nitrogens with one attached hydrogen (secondary N) is 2. The van der Waals surface area contributed by atoms with Crippen LogP contribution >= 0.6 is 0 Å². The Bertz CT molecular complexity index is 1170. The Kier molecular flexibility index (Phi) is 4.78.